The summed E-state index contributed by atoms with van der Waals surface area (Å²) in [4.78, 5) is 13.3. The number of rotatable bonds is 3. The molecule has 1 heterocycles. The van der Waals surface area contributed by atoms with E-state index in [-0.39, 0.29) is 11.9 Å². The van der Waals surface area contributed by atoms with Gasteiger partial charge in [0.2, 0.25) is 5.91 Å². The van der Waals surface area contributed by atoms with Gasteiger partial charge in [0.15, 0.2) is 0 Å². The first-order chi connectivity index (χ1) is 9.08. The molecular formula is C15H22N2O2. The number of hydrogen-bond acceptors (Lipinski definition) is 3. The molecule has 1 atom stereocenters. The minimum absolute atomic E-state index is 0.0443. The van der Waals surface area contributed by atoms with Crippen LogP contribution < -0.4 is 10.2 Å². The summed E-state index contributed by atoms with van der Waals surface area (Å²) >= 11 is 0. The van der Waals surface area contributed by atoms with Gasteiger partial charge in [0, 0.05) is 37.3 Å². The van der Waals surface area contributed by atoms with Crippen molar-refractivity contribution in [1.82, 2.24) is 5.32 Å². The second kappa shape index (κ2) is 6.06. The van der Waals surface area contributed by atoms with Crippen LogP contribution in [0.2, 0.25) is 0 Å². The maximum Gasteiger partial charge on any atom is 0.217 e. The van der Waals surface area contributed by atoms with E-state index in [9.17, 15) is 9.90 Å². The van der Waals surface area contributed by atoms with Crippen molar-refractivity contribution in [3.05, 3.63) is 29.8 Å². The number of aliphatic hydroxyl groups excluding tert-OH is 1. The molecule has 104 valence electrons. The van der Waals surface area contributed by atoms with Crippen LogP contribution in [0.4, 0.5) is 5.69 Å². The third kappa shape index (κ3) is 3.47. The van der Waals surface area contributed by atoms with E-state index in [1.807, 2.05) is 18.2 Å². The van der Waals surface area contributed by atoms with Crippen molar-refractivity contribution in [3.8, 4) is 0 Å². The van der Waals surface area contributed by atoms with Crippen LogP contribution >= 0.6 is 0 Å². The third-order valence-corrected chi connectivity index (χ3v) is 3.63. The van der Waals surface area contributed by atoms with Crippen LogP contribution in [0.5, 0.6) is 0 Å². The van der Waals surface area contributed by atoms with Crippen molar-refractivity contribution < 1.29 is 9.90 Å². The lowest BCUT2D eigenvalue weighted by molar-refractivity contribution is -0.119. The van der Waals surface area contributed by atoms with Gasteiger partial charge in [-0.2, -0.15) is 0 Å². The Labute approximate surface area is 114 Å². The Morgan fingerprint density at radius 1 is 1.37 bits per heavy atom. The number of anilines is 1. The van der Waals surface area contributed by atoms with Gasteiger partial charge in [0.25, 0.3) is 0 Å². The first kappa shape index (κ1) is 13.9. The molecule has 1 aliphatic rings. The van der Waals surface area contributed by atoms with Crippen molar-refractivity contribution in [2.45, 2.75) is 38.8 Å². The van der Waals surface area contributed by atoms with Gasteiger partial charge < -0.3 is 15.3 Å². The molecule has 1 aromatic rings. The molecule has 1 saturated heterocycles. The molecule has 4 heteroatoms. The third-order valence-electron chi connectivity index (χ3n) is 3.63. The van der Waals surface area contributed by atoms with E-state index in [4.69, 9.17) is 0 Å². The lowest BCUT2D eigenvalue weighted by Gasteiger charge is -2.35. The molecule has 0 aromatic heterocycles. The van der Waals surface area contributed by atoms with Gasteiger partial charge in [-0.05, 0) is 25.8 Å². The number of piperidine rings is 1. The zero-order chi connectivity index (χ0) is 13.8. The van der Waals surface area contributed by atoms with Gasteiger partial charge in [-0.1, -0.05) is 18.2 Å². The smallest absolute Gasteiger partial charge is 0.217 e. The Kier molecular flexibility index (Phi) is 4.43. The molecule has 1 aliphatic heterocycles. The lowest BCUT2D eigenvalue weighted by Crippen LogP contribution is -2.44. The fourth-order valence-corrected chi connectivity index (χ4v) is 2.68. The Balaban J connectivity index is 2.03. The monoisotopic (exact) mass is 262 g/mol. The zero-order valence-electron chi connectivity index (χ0n) is 11.6. The van der Waals surface area contributed by atoms with E-state index < -0.39 is 6.10 Å². The van der Waals surface area contributed by atoms with Gasteiger partial charge in [-0.3, -0.25) is 4.79 Å². The van der Waals surface area contributed by atoms with Crippen molar-refractivity contribution in [2.75, 3.05) is 18.0 Å². The van der Waals surface area contributed by atoms with Gasteiger partial charge in [0.1, 0.15) is 0 Å². The maximum absolute atomic E-state index is 11.0. The SMILES string of the molecule is CC(=O)NC1CCN(c2ccccc2C(C)O)CC1. The molecule has 19 heavy (non-hydrogen) atoms. The molecule has 1 amide bonds. The number of nitrogens with zero attached hydrogens (tertiary/aromatic N) is 1. The topological polar surface area (TPSA) is 52.6 Å². The molecule has 0 aliphatic carbocycles. The number of carbonyl (C=O) groups excluding carboxylic acids is 1. The minimum atomic E-state index is -0.454. The number of para-hydroxylation sites is 1. The number of nitrogens with one attached hydrogen (secondary N) is 1. The number of benzene rings is 1. The molecule has 2 rings (SSSR count). The van der Waals surface area contributed by atoms with Crippen LogP contribution in [0, 0.1) is 0 Å². The number of aliphatic hydroxyl groups is 1. The Morgan fingerprint density at radius 3 is 2.58 bits per heavy atom. The molecule has 0 spiro atoms. The standard InChI is InChI=1S/C15H22N2O2/c1-11(18)14-5-3-4-6-15(14)17-9-7-13(8-10-17)16-12(2)19/h3-6,11,13,18H,7-10H2,1-2H3,(H,16,19). The van der Waals surface area contributed by atoms with Crippen LogP contribution in [0.3, 0.4) is 0 Å². The highest BCUT2D eigenvalue weighted by Crippen LogP contribution is 2.28. The Hall–Kier alpha value is -1.55. The highest BCUT2D eigenvalue weighted by Gasteiger charge is 2.22. The van der Waals surface area contributed by atoms with E-state index in [0.717, 1.165) is 37.2 Å². The predicted octanol–water partition coefficient (Wildman–Crippen LogP) is 1.84. The first-order valence-corrected chi connectivity index (χ1v) is 6.87. The van der Waals surface area contributed by atoms with Crippen LogP contribution in [-0.2, 0) is 4.79 Å². The molecule has 4 nitrogen and oxygen atoms in total. The van der Waals surface area contributed by atoms with Gasteiger partial charge in [-0.25, -0.2) is 0 Å². The Morgan fingerprint density at radius 2 is 2.00 bits per heavy atom. The average molecular weight is 262 g/mol. The predicted molar refractivity (Wildman–Crippen MR) is 76.1 cm³/mol. The van der Waals surface area contributed by atoms with E-state index in [1.165, 1.54) is 0 Å². The largest absolute Gasteiger partial charge is 0.389 e. The normalized spacial score (nSPS) is 18.2. The van der Waals surface area contributed by atoms with Crippen LogP contribution in [-0.4, -0.2) is 30.1 Å². The summed E-state index contributed by atoms with van der Waals surface area (Å²) in [5.41, 5.74) is 2.08. The quantitative estimate of drug-likeness (QED) is 0.874. The second-order valence-electron chi connectivity index (χ2n) is 5.20. The second-order valence-corrected chi connectivity index (χ2v) is 5.20. The summed E-state index contributed by atoms with van der Waals surface area (Å²) in [5, 5.41) is 12.8. The van der Waals surface area contributed by atoms with Crippen LogP contribution in [0.15, 0.2) is 24.3 Å². The van der Waals surface area contributed by atoms with E-state index >= 15 is 0 Å². The van der Waals surface area contributed by atoms with Gasteiger partial charge in [0.05, 0.1) is 6.10 Å². The van der Waals surface area contributed by atoms with Crippen molar-refractivity contribution >= 4 is 11.6 Å². The van der Waals surface area contributed by atoms with Gasteiger partial charge in [-0.15, -0.1) is 0 Å². The summed E-state index contributed by atoms with van der Waals surface area (Å²) < 4.78 is 0. The summed E-state index contributed by atoms with van der Waals surface area (Å²) in [6.07, 6.45) is 1.45. The van der Waals surface area contributed by atoms with Crippen molar-refractivity contribution in [1.29, 1.82) is 0 Å². The maximum atomic E-state index is 11.0. The molecule has 1 aromatic carbocycles. The van der Waals surface area contributed by atoms with Crippen LogP contribution in [0.25, 0.3) is 0 Å². The van der Waals surface area contributed by atoms with Crippen molar-refractivity contribution in [3.63, 3.8) is 0 Å². The lowest BCUT2D eigenvalue weighted by atomic mass is 10.0. The number of amides is 1. The van der Waals surface area contributed by atoms with Crippen molar-refractivity contribution in [2.24, 2.45) is 0 Å². The van der Waals surface area contributed by atoms with Crippen LogP contribution in [0.1, 0.15) is 38.4 Å². The fourth-order valence-electron chi connectivity index (χ4n) is 2.68. The average Bonchev–Trinajstić information content (AvgIpc) is 2.39. The summed E-state index contributed by atoms with van der Waals surface area (Å²) in [6, 6.07) is 8.27. The molecular weight excluding hydrogens is 240 g/mol. The Bertz CT molecular complexity index is 438. The first-order valence-electron chi connectivity index (χ1n) is 6.87. The fraction of sp³-hybridized carbons (Fsp3) is 0.533. The molecule has 0 saturated carbocycles. The molecule has 1 fully saturated rings. The van der Waals surface area contributed by atoms with E-state index in [0.29, 0.717) is 0 Å². The number of hydrogen-bond donors (Lipinski definition) is 2. The van der Waals surface area contributed by atoms with Gasteiger partial charge >= 0.3 is 0 Å². The van der Waals surface area contributed by atoms with E-state index in [1.54, 1.807) is 13.8 Å². The summed E-state index contributed by atoms with van der Waals surface area (Å²) in [6.45, 7) is 5.18. The highest BCUT2D eigenvalue weighted by atomic mass is 16.3. The number of carbonyl (C=O) groups is 1. The molecule has 1 unspecified atom stereocenters. The summed E-state index contributed by atoms with van der Waals surface area (Å²) in [5.74, 6) is 0.0443. The molecule has 0 radical (unpaired) electrons. The highest BCUT2D eigenvalue weighted by molar-refractivity contribution is 5.73. The zero-order valence-corrected chi connectivity index (χ0v) is 11.6. The van der Waals surface area contributed by atoms with E-state index in [2.05, 4.69) is 16.3 Å². The minimum Gasteiger partial charge on any atom is -0.389 e. The summed E-state index contributed by atoms with van der Waals surface area (Å²) in [7, 11) is 0. The molecule has 2 N–H and O–H groups in total. The molecule has 0 bridgehead atoms.